The molecule has 19 heavy (non-hydrogen) atoms. The molecule has 0 amide bonds. The lowest BCUT2D eigenvalue weighted by atomic mass is 10.0. The van der Waals surface area contributed by atoms with Gasteiger partial charge in [-0.1, -0.05) is 37.9 Å². The summed E-state index contributed by atoms with van der Waals surface area (Å²) >= 11 is 7.10. The van der Waals surface area contributed by atoms with Gasteiger partial charge in [-0.2, -0.15) is 0 Å². The van der Waals surface area contributed by atoms with Crippen molar-refractivity contribution in [1.82, 2.24) is 0 Å². The second-order valence-electron chi connectivity index (χ2n) is 4.31. The highest BCUT2D eigenvalue weighted by atomic mass is 79.9. The Bertz CT molecular complexity index is 578. The van der Waals surface area contributed by atoms with Crippen LogP contribution in [0.25, 0.3) is 0 Å². The van der Waals surface area contributed by atoms with E-state index in [2.05, 4.69) is 37.9 Å². The Morgan fingerprint density at radius 1 is 1.16 bits per heavy atom. The van der Waals surface area contributed by atoms with Gasteiger partial charge in [0.25, 0.3) is 0 Å². The summed E-state index contributed by atoms with van der Waals surface area (Å²) in [6.07, 6.45) is 0. The zero-order valence-corrected chi connectivity index (χ0v) is 13.8. The van der Waals surface area contributed by atoms with E-state index >= 15 is 0 Å². The van der Waals surface area contributed by atoms with Crippen LogP contribution in [0.2, 0.25) is 0 Å². The average molecular weight is 388 g/mol. The SMILES string of the molecule is COc1ccc(F)cc1C(Br)c1cc(C)cc(Br)c1. The molecule has 2 aromatic rings. The minimum absolute atomic E-state index is 0.116. The van der Waals surface area contributed by atoms with Crippen LogP contribution >= 0.6 is 31.9 Å². The van der Waals surface area contributed by atoms with Crippen molar-refractivity contribution < 1.29 is 9.13 Å². The first kappa shape index (κ1) is 14.5. The number of alkyl halides is 1. The number of hydrogen-bond acceptors (Lipinski definition) is 1. The minimum Gasteiger partial charge on any atom is -0.496 e. The summed E-state index contributed by atoms with van der Waals surface area (Å²) in [6, 6.07) is 10.6. The maximum absolute atomic E-state index is 13.4. The molecular formula is C15H13Br2FO. The van der Waals surface area contributed by atoms with E-state index in [1.165, 1.54) is 12.1 Å². The molecule has 1 unspecified atom stereocenters. The molecular weight excluding hydrogens is 375 g/mol. The number of rotatable bonds is 3. The topological polar surface area (TPSA) is 9.23 Å². The van der Waals surface area contributed by atoms with E-state index < -0.39 is 0 Å². The molecule has 0 aliphatic rings. The first-order chi connectivity index (χ1) is 9.01. The summed E-state index contributed by atoms with van der Waals surface area (Å²) in [6.45, 7) is 2.02. The van der Waals surface area contributed by atoms with Gasteiger partial charge in [-0.3, -0.25) is 0 Å². The number of aryl methyl sites for hydroxylation is 1. The number of halogens is 3. The number of benzene rings is 2. The van der Waals surface area contributed by atoms with Gasteiger partial charge in [-0.25, -0.2) is 4.39 Å². The van der Waals surface area contributed by atoms with Gasteiger partial charge in [0.05, 0.1) is 11.9 Å². The Kier molecular flexibility index (Phi) is 4.63. The van der Waals surface area contributed by atoms with E-state index in [-0.39, 0.29) is 10.6 Å². The third kappa shape index (κ3) is 3.37. The van der Waals surface area contributed by atoms with Crippen molar-refractivity contribution in [3.8, 4) is 5.75 Å². The predicted molar refractivity (Wildman–Crippen MR) is 82.6 cm³/mol. The molecule has 0 N–H and O–H groups in total. The van der Waals surface area contributed by atoms with Gasteiger partial charge in [0.1, 0.15) is 11.6 Å². The van der Waals surface area contributed by atoms with Crippen LogP contribution in [0.1, 0.15) is 21.5 Å². The highest BCUT2D eigenvalue weighted by Crippen LogP contribution is 2.38. The second kappa shape index (κ2) is 6.06. The fraction of sp³-hybridized carbons (Fsp3) is 0.200. The Morgan fingerprint density at radius 2 is 1.89 bits per heavy atom. The molecule has 0 radical (unpaired) electrons. The molecule has 0 saturated carbocycles. The van der Waals surface area contributed by atoms with Crippen LogP contribution < -0.4 is 4.74 Å². The number of ether oxygens (including phenoxy) is 1. The molecule has 1 atom stereocenters. The van der Waals surface area contributed by atoms with Crippen molar-refractivity contribution in [2.45, 2.75) is 11.8 Å². The van der Waals surface area contributed by atoms with Crippen LogP contribution in [0, 0.1) is 12.7 Å². The quantitative estimate of drug-likeness (QED) is 0.641. The van der Waals surface area contributed by atoms with Crippen LogP contribution in [0.3, 0.4) is 0 Å². The Morgan fingerprint density at radius 3 is 2.53 bits per heavy atom. The normalized spacial score (nSPS) is 12.3. The maximum Gasteiger partial charge on any atom is 0.123 e. The summed E-state index contributed by atoms with van der Waals surface area (Å²) in [4.78, 5) is -0.116. The van der Waals surface area contributed by atoms with Gasteiger partial charge in [0, 0.05) is 10.0 Å². The smallest absolute Gasteiger partial charge is 0.123 e. The van der Waals surface area contributed by atoms with Crippen molar-refractivity contribution in [2.75, 3.05) is 7.11 Å². The molecule has 100 valence electrons. The van der Waals surface area contributed by atoms with E-state index in [0.717, 1.165) is 21.2 Å². The standard InChI is InChI=1S/C15H13Br2FO/c1-9-5-10(7-11(16)6-9)15(17)13-8-12(18)3-4-14(13)19-2/h3-8,15H,1-2H3. The van der Waals surface area contributed by atoms with E-state index in [1.54, 1.807) is 13.2 Å². The average Bonchev–Trinajstić information content (AvgIpc) is 2.36. The van der Waals surface area contributed by atoms with Gasteiger partial charge in [-0.05, 0) is 48.4 Å². The minimum atomic E-state index is -0.271. The van der Waals surface area contributed by atoms with Gasteiger partial charge < -0.3 is 4.74 Å². The monoisotopic (exact) mass is 386 g/mol. The largest absolute Gasteiger partial charge is 0.496 e. The summed E-state index contributed by atoms with van der Waals surface area (Å²) < 4.78 is 19.7. The first-order valence-corrected chi connectivity index (χ1v) is 7.46. The highest BCUT2D eigenvalue weighted by molar-refractivity contribution is 9.10. The van der Waals surface area contributed by atoms with Gasteiger partial charge in [-0.15, -0.1) is 0 Å². The van der Waals surface area contributed by atoms with E-state index in [9.17, 15) is 4.39 Å². The third-order valence-corrected chi connectivity index (χ3v) is 4.30. The summed E-state index contributed by atoms with van der Waals surface area (Å²) in [5.41, 5.74) is 2.97. The van der Waals surface area contributed by atoms with Crippen LogP contribution in [-0.2, 0) is 0 Å². The zero-order valence-electron chi connectivity index (χ0n) is 10.6. The highest BCUT2D eigenvalue weighted by Gasteiger charge is 2.17. The van der Waals surface area contributed by atoms with Crippen LogP contribution in [0.5, 0.6) is 5.75 Å². The van der Waals surface area contributed by atoms with Crippen LogP contribution in [0.15, 0.2) is 40.9 Å². The lowest BCUT2D eigenvalue weighted by molar-refractivity contribution is 0.409. The van der Waals surface area contributed by atoms with E-state index in [0.29, 0.717) is 5.75 Å². The van der Waals surface area contributed by atoms with Crippen molar-refractivity contribution in [3.63, 3.8) is 0 Å². The molecule has 0 aromatic heterocycles. The maximum atomic E-state index is 13.4. The Balaban J connectivity index is 2.48. The van der Waals surface area contributed by atoms with Crippen molar-refractivity contribution in [1.29, 1.82) is 0 Å². The lowest BCUT2D eigenvalue weighted by Crippen LogP contribution is -1.98. The van der Waals surface area contributed by atoms with Gasteiger partial charge >= 0.3 is 0 Å². The molecule has 2 rings (SSSR count). The summed E-state index contributed by atoms with van der Waals surface area (Å²) in [5, 5.41) is 0. The molecule has 0 heterocycles. The molecule has 1 nitrogen and oxygen atoms in total. The van der Waals surface area contributed by atoms with Gasteiger partial charge in [0.15, 0.2) is 0 Å². The van der Waals surface area contributed by atoms with Crippen molar-refractivity contribution >= 4 is 31.9 Å². The number of hydrogen-bond donors (Lipinski definition) is 0. The first-order valence-electron chi connectivity index (χ1n) is 5.76. The molecule has 0 spiro atoms. The second-order valence-corrected chi connectivity index (χ2v) is 6.14. The van der Waals surface area contributed by atoms with Gasteiger partial charge in [0.2, 0.25) is 0 Å². The fourth-order valence-corrected chi connectivity index (χ4v) is 3.24. The lowest BCUT2D eigenvalue weighted by Gasteiger charge is -2.15. The molecule has 0 fully saturated rings. The predicted octanol–water partition coefficient (Wildman–Crippen LogP) is 5.39. The van der Waals surface area contributed by atoms with Crippen molar-refractivity contribution in [2.24, 2.45) is 0 Å². The van der Waals surface area contributed by atoms with E-state index in [4.69, 9.17) is 4.74 Å². The summed E-state index contributed by atoms with van der Waals surface area (Å²) in [7, 11) is 1.59. The molecule has 0 aliphatic carbocycles. The van der Waals surface area contributed by atoms with Crippen molar-refractivity contribution in [3.05, 3.63) is 63.4 Å². The van der Waals surface area contributed by atoms with Crippen LogP contribution in [0.4, 0.5) is 4.39 Å². The Labute approximate surface area is 129 Å². The number of methoxy groups -OCH3 is 1. The van der Waals surface area contributed by atoms with Crippen LogP contribution in [-0.4, -0.2) is 7.11 Å². The fourth-order valence-electron chi connectivity index (χ4n) is 1.99. The third-order valence-electron chi connectivity index (χ3n) is 2.82. The molecule has 0 bridgehead atoms. The molecule has 2 aromatic carbocycles. The van der Waals surface area contributed by atoms with E-state index in [1.807, 2.05) is 19.1 Å². The zero-order chi connectivity index (χ0) is 14.0. The summed E-state index contributed by atoms with van der Waals surface area (Å²) in [5.74, 6) is 0.396. The molecule has 4 heteroatoms. The Hall–Kier alpha value is -0.870. The molecule has 0 saturated heterocycles. The molecule has 0 aliphatic heterocycles.